The maximum atomic E-state index is 12.8. The highest BCUT2D eigenvalue weighted by atomic mass is 35.5. The number of nitrogens with one attached hydrogen (secondary N) is 1. The molecule has 0 aliphatic heterocycles. The monoisotopic (exact) mass is 251 g/mol. The number of amides is 1. The summed E-state index contributed by atoms with van der Waals surface area (Å²) < 4.78 is 12.8. The van der Waals surface area contributed by atoms with Crippen LogP contribution in [-0.4, -0.2) is 15.9 Å². The van der Waals surface area contributed by atoms with Crippen LogP contribution >= 0.6 is 11.6 Å². The molecular formula is C11H7ClFN3O. The fourth-order valence-corrected chi connectivity index (χ4v) is 1.36. The van der Waals surface area contributed by atoms with Crippen molar-refractivity contribution in [3.63, 3.8) is 0 Å². The number of pyridine rings is 2. The van der Waals surface area contributed by atoms with Crippen LogP contribution in [0.3, 0.4) is 0 Å². The van der Waals surface area contributed by atoms with Gasteiger partial charge in [0, 0.05) is 0 Å². The van der Waals surface area contributed by atoms with Crippen LogP contribution in [0.5, 0.6) is 0 Å². The van der Waals surface area contributed by atoms with Crippen LogP contribution in [0.2, 0.25) is 5.15 Å². The Morgan fingerprint density at radius 1 is 1.18 bits per heavy atom. The normalized spacial score (nSPS) is 10.0. The molecular weight excluding hydrogens is 245 g/mol. The highest BCUT2D eigenvalue weighted by molar-refractivity contribution is 6.29. The van der Waals surface area contributed by atoms with Gasteiger partial charge in [0.2, 0.25) is 5.95 Å². The second-order valence-electron chi connectivity index (χ2n) is 3.15. The van der Waals surface area contributed by atoms with Crippen LogP contribution in [0.1, 0.15) is 10.5 Å². The summed E-state index contributed by atoms with van der Waals surface area (Å²) in [6.07, 6.45) is 0. The molecule has 1 N–H and O–H groups in total. The minimum absolute atomic E-state index is 0.0215. The van der Waals surface area contributed by atoms with Gasteiger partial charge < -0.3 is 5.32 Å². The molecule has 0 spiro atoms. The fourth-order valence-electron chi connectivity index (χ4n) is 1.19. The standard InChI is InChI=1S/C11H7ClFN3O/c12-8-4-2-6-10(15-8)16-11(17)7-3-1-5-9(13)14-7/h1-6H,(H,15,16,17). The second-order valence-corrected chi connectivity index (χ2v) is 3.53. The van der Waals surface area contributed by atoms with E-state index in [0.717, 1.165) is 6.07 Å². The quantitative estimate of drug-likeness (QED) is 0.835. The maximum Gasteiger partial charge on any atom is 0.275 e. The summed E-state index contributed by atoms with van der Waals surface area (Å²) in [7, 11) is 0. The molecule has 2 rings (SSSR count). The summed E-state index contributed by atoms with van der Waals surface area (Å²) in [6, 6.07) is 8.77. The number of carbonyl (C=O) groups excluding carboxylic acids is 1. The van der Waals surface area contributed by atoms with Gasteiger partial charge in [-0.25, -0.2) is 9.97 Å². The van der Waals surface area contributed by atoms with Crippen molar-refractivity contribution in [1.82, 2.24) is 9.97 Å². The average Bonchev–Trinajstić information content (AvgIpc) is 2.29. The summed E-state index contributed by atoms with van der Waals surface area (Å²) in [5.41, 5.74) is -0.0215. The van der Waals surface area contributed by atoms with Crippen LogP contribution in [0.25, 0.3) is 0 Å². The molecule has 0 aliphatic carbocycles. The highest BCUT2D eigenvalue weighted by Gasteiger charge is 2.09. The minimum atomic E-state index is -0.711. The predicted octanol–water partition coefficient (Wildman–Crippen LogP) is 2.52. The van der Waals surface area contributed by atoms with Crippen molar-refractivity contribution in [2.45, 2.75) is 0 Å². The second kappa shape index (κ2) is 4.88. The Morgan fingerprint density at radius 2 is 1.94 bits per heavy atom. The zero-order valence-electron chi connectivity index (χ0n) is 8.52. The third kappa shape index (κ3) is 2.98. The van der Waals surface area contributed by atoms with E-state index >= 15 is 0 Å². The first-order valence-corrected chi connectivity index (χ1v) is 5.09. The molecule has 0 saturated carbocycles. The van der Waals surface area contributed by atoms with Crippen molar-refractivity contribution in [3.8, 4) is 0 Å². The Hall–Kier alpha value is -2.01. The number of halogens is 2. The van der Waals surface area contributed by atoms with Crippen molar-refractivity contribution < 1.29 is 9.18 Å². The van der Waals surface area contributed by atoms with Gasteiger partial charge in [0.15, 0.2) is 0 Å². The summed E-state index contributed by atoms with van der Waals surface area (Å²) in [6.45, 7) is 0. The summed E-state index contributed by atoms with van der Waals surface area (Å²) in [5.74, 6) is -0.968. The summed E-state index contributed by atoms with van der Waals surface area (Å²) >= 11 is 5.66. The Balaban J connectivity index is 2.17. The van der Waals surface area contributed by atoms with E-state index in [4.69, 9.17) is 11.6 Å². The molecule has 6 heteroatoms. The molecule has 0 bridgehead atoms. The summed E-state index contributed by atoms with van der Waals surface area (Å²) in [4.78, 5) is 19.0. The molecule has 17 heavy (non-hydrogen) atoms. The molecule has 0 atom stereocenters. The first kappa shape index (κ1) is 11.5. The van der Waals surface area contributed by atoms with Crippen molar-refractivity contribution in [2.75, 3.05) is 5.32 Å². The lowest BCUT2D eigenvalue weighted by Crippen LogP contribution is -2.14. The molecule has 2 heterocycles. The van der Waals surface area contributed by atoms with Gasteiger partial charge in [0.25, 0.3) is 5.91 Å². The van der Waals surface area contributed by atoms with E-state index in [2.05, 4.69) is 15.3 Å². The van der Waals surface area contributed by atoms with E-state index in [1.165, 1.54) is 12.1 Å². The van der Waals surface area contributed by atoms with Gasteiger partial charge in [-0.2, -0.15) is 4.39 Å². The lowest BCUT2D eigenvalue weighted by Gasteiger charge is -2.03. The Morgan fingerprint density at radius 3 is 2.65 bits per heavy atom. The van der Waals surface area contributed by atoms with Crippen LogP contribution in [0.15, 0.2) is 36.4 Å². The van der Waals surface area contributed by atoms with Crippen LogP contribution < -0.4 is 5.32 Å². The number of rotatable bonds is 2. The van der Waals surface area contributed by atoms with E-state index in [0.29, 0.717) is 0 Å². The molecule has 0 aliphatic rings. The van der Waals surface area contributed by atoms with E-state index in [1.54, 1.807) is 18.2 Å². The third-order valence-electron chi connectivity index (χ3n) is 1.90. The van der Waals surface area contributed by atoms with Gasteiger partial charge in [-0.3, -0.25) is 4.79 Å². The van der Waals surface area contributed by atoms with Gasteiger partial charge in [-0.15, -0.1) is 0 Å². The van der Waals surface area contributed by atoms with Crippen LogP contribution in [0.4, 0.5) is 10.2 Å². The Labute approximate surface area is 101 Å². The molecule has 0 fully saturated rings. The van der Waals surface area contributed by atoms with Crippen LogP contribution in [0, 0.1) is 5.95 Å². The van der Waals surface area contributed by atoms with Gasteiger partial charge in [-0.1, -0.05) is 23.7 Å². The Bertz CT molecular complexity index is 562. The van der Waals surface area contributed by atoms with Gasteiger partial charge >= 0.3 is 0 Å². The number of carbonyl (C=O) groups is 1. The fraction of sp³-hybridized carbons (Fsp3) is 0. The van der Waals surface area contributed by atoms with E-state index in [9.17, 15) is 9.18 Å². The predicted molar refractivity (Wildman–Crippen MR) is 61.4 cm³/mol. The molecule has 86 valence electrons. The maximum absolute atomic E-state index is 12.8. The number of nitrogens with zero attached hydrogens (tertiary/aromatic N) is 2. The average molecular weight is 252 g/mol. The van der Waals surface area contributed by atoms with E-state index in [-0.39, 0.29) is 16.7 Å². The number of anilines is 1. The van der Waals surface area contributed by atoms with Crippen molar-refractivity contribution in [3.05, 3.63) is 53.2 Å². The molecule has 0 aromatic carbocycles. The third-order valence-corrected chi connectivity index (χ3v) is 2.11. The minimum Gasteiger partial charge on any atom is -0.305 e. The van der Waals surface area contributed by atoms with Crippen molar-refractivity contribution in [2.24, 2.45) is 0 Å². The van der Waals surface area contributed by atoms with Gasteiger partial charge in [0.1, 0.15) is 16.7 Å². The van der Waals surface area contributed by atoms with E-state index < -0.39 is 11.9 Å². The number of hydrogen-bond donors (Lipinski definition) is 1. The molecule has 0 unspecified atom stereocenters. The van der Waals surface area contributed by atoms with Crippen LogP contribution in [-0.2, 0) is 0 Å². The topological polar surface area (TPSA) is 54.9 Å². The first-order chi connectivity index (χ1) is 8.15. The molecule has 4 nitrogen and oxygen atoms in total. The number of hydrogen-bond acceptors (Lipinski definition) is 3. The SMILES string of the molecule is O=C(Nc1cccc(Cl)n1)c1cccc(F)n1. The lowest BCUT2D eigenvalue weighted by molar-refractivity contribution is 0.102. The van der Waals surface area contributed by atoms with Crippen molar-refractivity contribution >= 4 is 23.3 Å². The molecule has 2 aromatic heterocycles. The highest BCUT2D eigenvalue weighted by Crippen LogP contribution is 2.10. The molecule has 1 amide bonds. The number of aromatic nitrogens is 2. The zero-order chi connectivity index (χ0) is 12.3. The van der Waals surface area contributed by atoms with Crippen molar-refractivity contribution in [1.29, 1.82) is 0 Å². The first-order valence-electron chi connectivity index (χ1n) is 4.71. The zero-order valence-corrected chi connectivity index (χ0v) is 9.28. The van der Waals surface area contributed by atoms with E-state index in [1.807, 2.05) is 0 Å². The summed E-state index contributed by atoms with van der Waals surface area (Å²) in [5, 5.41) is 2.72. The molecule has 0 radical (unpaired) electrons. The Kier molecular flexibility index (Phi) is 3.30. The van der Waals surface area contributed by atoms with Gasteiger partial charge in [0.05, 0.1) is 0 Å². The molecule has 0 saturated heterocycles. The lowest BCUT2D eigenvalue weighted by atomic mass is 10.3. The van der Waals surface area contributed by atoms with Gasteiger partial charge in [-0.05, 0) is 24.3 Å². The smallest absolute Gasteiger partial charge is 0.275 e. The molecule has 2 aromatic rings. The largest absolute Gasteiger partial charge is 0.305 e.